The predicted octanol–water partition coefficient (Wildman–Crippen LogP) is 7.77. The minimum absolute atomic E-state index is 0.0223. The summed E-state index contributed by atoms with van der Waals surface area (Å²) in [5.74, 6) is -1.73. The Hall–Kier alpha value is -3.65. The van der Waals surface area contributed by atoms with E-state index in [1.807, 2.05) is 50.2 Å². The molecule has 14 heteroatoms. The summed E-state index contributed by atoms with van der Waals surface area (Å²) in [6.45, 7) is 11.8. The molecule has 64 heavy (non-hydrogen) atoms. The first kappa shape index (κ1) is 51.3. The molecule has 0 aliphatic carbocycles. The normalized spacial score (nSPS) is 20.6. The maximum atomic E-state index is 13.9. The van der Waals surface area contributed by atoms with Crippen molar-refractivity contribution in [3.05, 3.63) is 101 Å². The highest BCUT2D eigenvalue weighted by Gasteiger charge is 2.60. The molecular weight excluding hydrogens is 834 g/mol. The summed E-state index contributed by atoms with van der Waals surface area (Å²) in [4.78, 5) is 47.2. The summed E-state index contributed by atoms with van der Waals surface area (Å²) in [6, 6.07) is 25.7. The van der Waals surface area contributed by atoms with Crippen LogP contribution in [0.5, 0.6) is 5.75 Å². The van der Waals surface area contributed by atoms with Gasteiger partial charge in [0.15, 0.2) is 12.6 Å². The SMILES string of the molecule is CC[N+](CC)(CC(=O)OCC(C(=O)OC1CC2CCC1[N+]2(C)C(C)C)c1ccccc1)Cc1cc(C(O)CNCCCCCCOCCCCc2ccccc2)ccc1OP(=O)(O)O. The Morgan fingerprint density at radius 3 is 2.20 bits per heavy atom. The highest BCUT2D eigenvalue weighted by Crippen LogP contribution is 2.47. The van der Waals surface area contributed by atoms with Crippen LogP contribution in [-0.4, -0.2) is 120 Å². The van der Waals surface area contributed by atoms with Crippen molar-refractivity contribution in [3.63, 3.8) is 0 Å². The number of aryl methyl sites for hydroxylation is 1. The van der Waals surface area contributed by atoms with Crippen LogP contribution in [0.4, 0.5) is 0 Å². The van der Waals surface area contributed by atoms with Crippen molar-refractivity contribution in [2.45, 2.75) is 135 Å². The zero-order valence-electron chi connectivity index (χ0n) is 38.9. The van der Waals surface area contributed by atoms with E-state index in [2.05, 4.69) is 50.5 Å². The van der Waals surface area contributed by atoms with Gasteiger partial charge >= 0.3 is 19.8 Å². The van der Waals surface area contributed by atoms with Crippen LogP contribution in [0.15, 0.2) is 78.9 Å². The largest absolute Gasteiger partial charge is 0.524 e. The number of carbonyl (C=O) groups excluding carboxylic acids is 2. The quantitative estimate of drug-likeness (QED) is 0.0233. The van der Waals surface area contributed by atoms with Gasteiger partial charge in [0.05, 0.1) is 38.3 Å². The first-order valence-corrected chi connectivity index (χ1v) is 25.2. The summed E-state index contributed by atoms with van der Waals surface area (Å²) in [6.07, 6.45) is 9.25. The van der Waals surface area contributed by atoms with Crippen molar-refractivity contribution >= 4 is 19.8 Å². The third kappa shape index (κ3) is 14.7. The summed E-state index contributed by atoms with van der Waals surface area (Å²) in [5.41, 5.74) is 3.08. The molecule has 0 spiro atoms. The monoisotopic (exact) mass is 910 g/mol. The molecule has 354 valence electrons. The Kier molecular flexibility index (Phi) is 19.9. The first-order valence-electron chi connectivity index (χ1n) is 23.7. The van der Waals surface area contributed by atoms with Crippen molar-refractivity contribution in [1.82, 2.24) is 5.32 Å². The standard InChI is InChI=1S/C50H74N3O10P/c1-6-53(7-2,36-49(55)61-37-44(40-23-14-11-15-24-40)50(56)62-48-33-43-26-27-45(48)52(43,5)38(3)4)35-42-32-41(25-28-47(42)63-64(57,58)59)46(54)34-51-29-17-8-9-18-30-60-31-19-16-22-39-20-12-10-13-21-39/h10-15,20-21,23-25,28,32,38,43-46,48,51,54H,6-9,16-19,22,26-27,29-31,33-37H2,1-5H3/p+2. The number of phosphoric ester groups is 1. The Balaban J connectivity index is 1.12. The number of unbranched alkanes of at least 4 members (excludes halogenated alkanes) is 4. The lowest BCUT2D eigenvalue weighted by atomic mass is 9.96. The number of nitrogens with one attached hydrogen (secondary N) is 1. The van der Waals surface area contributed by atoms with E-state index in [4.69, 9.17) is 18.7 Å². The smallest absolute Gasteiger partial charge is 0.460 e. The summed E-state index contributed by atoms with van der Waals surface area (Å²) >= 11 is 0. The van der Waals surface area contributed by atoms with Crippen LogP contribution in [0.3, 0.4) is 0 Å². The molecule has 5 rings (SSSR count). The van der Waals surface area contributed by atoms with Crippen molar-refractivity contribution in [2.24, 2.45) is 0 Å². The molecule has 2 aliphatic heterocycles. The summed E-state index contributed by atoms with van der Waals surface area (Å²) in [5, 5.41) is 14.5. The molecule has 2 fully saturated rings. The third-order valence-corrected chi connectivity index (χ3v) is 14.5. The van der Waals surface area contributed by atoms with E-state index in [-0.39, 0.29) is 42.1 Å². The first-order chi connectivity index (χ1) is 30.7. The topological polar surface area (TPSA) is 161 Å². The number of fused-ring (bicyclic) bond motifs is 2. The van der Waals surface area contributed by atoms with Crippen LogP contribution in [0.25, 0.3) is 0 Å². The molecule has 0 radical (unpaired) electrons. The van der Waals surface area contributed by atoms with Crippen LogP contribution < -0.4 is 9.84 Å². The molecule has 2 aliphatic rings. The van der Waals surface area contributed by atoms with Gasteiger partial charge in [-0.25, -0.2) is 9.36 Å². The average Bonchev–Trinajstić information content (AvgIpc) is 3.75. The molecule has 3 aromatic rings. The van der Waals surface area contributed by atoms with Crippen molar-refractivity contribution in [3.8, 4) is 5.75 Å². The molecule has 2 heterocycles. The lowest BCUT2D eigenvalue weighted by Gasteiger charge is -2.39. The number of nitrogens with zero attached hydrogens (tertiary/aromatic N) is 2. The zero-order chi connectivity index (χ0) is 46.2. The number of hydrogen-bond donors (Lipinski definition) is 4. The van der Waals surface area contributed by atoms with Crippen LogP contribution >= 0.6 is 7.82 Å². The minimum atomic E-state index is -4.93. The number of phosphoric acid groups is 1. The van der Waals surface area contributed by atoms with Gasteiger partial charge in [-0.2, -0.15) is 0 Å². The maximum Gasteiger partial charge on any atom is 0.524 e. The molecule has 6 unspecified atom stereocenters. The summed E-state index contributed by atoms with van der Waals surface area (Å²) in [7, 11) is -2.65. The van der Waals surface area contributed by atoms with E-state index in [9.17, 15) is 29.0 Å². The highest BCUT2D eigenvalue weighted by molar-refractivity contribution is 7.46. The van der Waals surface area contributed by atoms with Gasteiger partial charge in [-0.3, -0.25) is 14.6 Å². The van der Waals surface area contributed by atoms with Gasteiger partial charge in [0.2, 0.25) is 0 Å². The Bertz CT molecular complexity index is 1930. The van der Waals surface area contributed by atoms with Gasteiger partial charge in [0.25, 0.3) is 0 Å². The maximum absolute atomic E-state index is 13.9. The predicted molar refractivity (Wildman–Crippen MR) is 248 cm³/mol. The van der Waals surface area contributed by atoms with E-state index < -0.39 is 31.8 Å². The lowest BCUT2D eigenvalue weighted by molar-refractivity contribution is -0.951. The molecule has 13 nitrogen and oxygen atoms in total. The number of rotatable bonds is 29. The Morgan fingerprint density at radius 2 is 1.55 bits per heavy atom. The van der Waals surface area contributed by atoms with Crippen molar-refractivity contribution in [1.29, 1.82) is 0 Å². The number of aliphatic hydroxyl groups excluding tert-OH is 1. The number of carbonyl (C=O) groups is 2. The van der Waals surface area contributed by atoms with Gasteiger partial charge < -0.3 is 38.1 Å². The second-order valence-electron chi connectivity index (χ2n) is 18.4. The molecule has 2 bridgehead atoms. The number of esters is 2. The van der Waals surface area contributed by atoms with Crippen LogP contribution in [0, 0.1) is 0 Å². The Morgan fingerprint density at radius 1 is 0.875 bits per heavy atom. The fourth-order valence-corrected chi connectivity index (χ4v) is 10.3. The molecule has 0 aromatic heterocycles. The van der Waals surface area contributed by atoms with E-state index in [0.29, 0.717) is 48.4 Å². The van der Waals surface area contributed by atoms with E-state index >= 15 is 0 Å². The lowest BCUT2D eigenvalue weighted by Crippen LogP contribution is -2.55. The van der Waals surface area contributed by atoms with Crippen LogP contribution in [-0.2, 0) is 41.3 Å². The fourth-order valence-electron chi connectivity index (χ4n) is 9.83. The van der Waals surface area contributed by atoms with Gasteiger partial charge in [-0.15, -0.1) is 0 Å². The van der Waals surface area contributed by atoms with Crippen molar-refractivity contribution in [2.75, 3.05) is 59.6 Å². The molecule has 0 saturated carbocycles. The van der Waals surface area contributed by atoms with Gasteiger partial charge in [-0.1, -0.05) is 79.6 Å². The van der Waals surface area contributed by atoms with E-state index in [0.717, 1.165) is 88.4 Å². The summed E-state index contributed by atoms with van der Waals surface area (Å²) < 4.78 is 36.3. The van der Waals surface area contributed by atoms with Gasteiger partial charge in [0.1, 0.15) is 30.9 Å². The highest BCUT2D eigenvalue weighted by atomic mass is 31.2. The number of ether oxygens (including phenoxy) is 3. The molecule has 2 saturated heterocycles. The van der Waals surface area contributed by atoms with Gasteiger partial charge in [-0.05, 0) is 95.2 Å². The Labute approximate surface area is 381 Å². The second kappa shape index (κ2) is 24.8. The molecule has 0 amide bonds. The van der Waals surface area contributed by atoms with Crippen molar-refractivity contribution < 1.29 is 56.7 Å². The minimum Gasteiger partial charge on any atom is -0.460 e. The second-order valence-corrected chi connectivity index (χ2v) is 19.6. The van der Waals surface area contributed by atoms with E-state index in [1.54, 1.807) is 12.1 Å². The molecule has 3 aromatic carbocycles. The fraction of sp³-hybridized carbons (Fsp3) is 0.600. The van der Waals surface area contributed by atoms with Gasteiger partial charge in [0, 0.05) is 44.6 Å². The molecule has 6 atom stereocenters. The number of aliphatic hydroxyl groups is 1. The van der Waals surface area contributed by atoms with Crippen LogP contribution in [0.1, 0.15) is 120 Å². The molecule has 4 N–H and O–H groups in total. The number of likely N-dealkylation sites (N-methyl/N-ethyl adjacent to an activating group) is 2. The van der Waals surface area contributed by atoms with Crippen LogP contribution in [0.2, 0.25) is 0 Å². The molecular formula is C50H76N3O10P+2. The third-order valence-electron chi connectivity index (χ3n) is 14.1. The average molecular weight is 910 g/mol. The van der Waals surface area contributed by atoms with E-state index in [1.165, 1.54) is 11.6 Å². The zero-order valence-corrected chi connectivity index (χ0v) is 39.8. The number of quaternary nitrogens is 2. The number of hydrogen-bond acceptors (Lipinski definition) is 9. The number of benzene rings is 3.